The van der Waals surface area contributed by atoms with E-state index in [9.17, 15) is 0 Å². The maximum absolute atomic E-state index is 3.60. The predicted octanol–water partition coefficient (Wildman–Crippen LogP) is 0.0289. The van der Waals surface area contributed by atoms with Crippen molar-refractivity contribution in [3.05, 3.63) is 18.5 Å². The van der Waals surface area contributed by atoms with Gasteiger partial charge in [-0.15, -0.1) is 0 Å². The first-order valence-electron chi connectivity index (χ1n) is 1.44. The molecular weight excluding hydrogens is 271 g/mol. The Morgan fingerprint density at radius 2 is 2.33 bits per heavy atom. The molecular formula is C3H4N2Pb. The van der Waals surface area contributed by atoms with Crippen LogP contribution in [0, 0.1) is 0 Å². The number of rotatable bonds is 0. The zero-order chi connectivity index (χ0) is 3.54. The fraction of sp³-hybridized carbons (Fsp3) is 0. The van der Waals surface area contributed by atoms with Gasteiger partial charge in [-0.05, 0) is 6.07 Å². The van der Waals surface area contributed by atoms with E-state index in [1.54, 1.807) is 12.4 Å². The quantitative estimate of drug-likeness (QED) is 0.665. The second kappa shape index (κ2) is 3.33. The summed E-state index contributed by atoms with van der Waals surface area (Å²) in [4.78, 5) is 0. The van der Waals surface area contributed by atoms with Gasteiger partial charge >= 0.3 is 0 Å². The molecule has 30 valence electrons. The Morgan fingerprint density at radius 1 is 1.50 bits per heavy atom. The number of aromatic amines is 1. The van der Waals surface area contributed by atoms with Gasteiger partial charge in [-0.2, -0.15) is 5.10 Å². The summed E-state index contributed by atoms with van der Waals surface area (Å²) in [6.45, 7) is 0. The van der Waals surface area contributed by atoms with Crippen LogP contribution in [-0.2, 0) is 0 Å². The molecule has 0 aliphatic rings. The summed E-state index contributed by atoms with van der Waals surface area (Å²) >= 11 is 0. The van der Waals surface area contributed by atoms with Crippen LogP contribution in [0.1, 0.15) is 0 Å². The zero-order valence-corrected chi connectivity index (χ0v) is 7.07. The molecule has 0 atom stereocenters. The monoisotopic (exact) mass is 276 g/mol. The van der Waals surface area contributed by atoms with Crippen LogP contribution in [0.2, 0.25) is 0 Å². The Bertz CT molecular complexity index is 65.3. The molecule has 0 fully saturated rings. The van der Waals surface area contributed by atoms with E-state index in [1.807, 2.05) is 6.07 Å². The molecule has 0 spiro atoms. The fourth-order valence-electron chi connectivity index (χ4n) is 0.215. The van der Waals surface area contributed by atoms with E-state index in [0.29, 0.717) is 0 Å². The largest absolute Gasteiger partial charge is 0.286 e. The normalized spacial score (nSPS) is 6.67. The molecule has 2 nitrogen and oxygen atoms in total. The summed E-state index contributed by atoms with van der Waals surface area (Å²) in [7, 11) is 0. The minimum atomic E-state index is 0. The van der Waals surface area contributed by atoms with E-state index in [2.05, 4.69) is 10.2 Å². The third-order valence-electron chi connectivity index (χ3n) is 0.406. The molecule has 6 heavy (non-hydrogen) atoms. The van der Waals surface area contributed by atoms with Crippen molar-refractivity contribution in [3.8, 4) is 0 Å². The third kappa shape index (κ3) is 1.54. The second-order valence-electron chi connectivity index (χ2n) is 0.766. The average molecular weight is 275 g/mol. The molecule has 0 aliphatic heterocycles. The van der Waals surface area contributed by atoms with Crippen molar-refractivity contribution in [1.29, 1.82) is 0 Å². The molecule has 3 heteroatoms. The standard InChI is InChI=1S/C3H4N2.Pb/c1-2-4-5-3-1;/h1-3H,(H,4,5);. The van der Waals surface area contributed by atoms with Crippen LogP contribution in [0.4, 0.5) is 0 Å². The van der Waals surface area contributed by atoms with E-state index >= 15 is 0 Å². The van der Waals surface area contributed by atoms with Gasteiger partial charge in [0.2, 0.25) is 0 Å². The van der Waals surface area contributed by atoms with E-state index in [4.69, 9.17) is 0 Å². The molecule has 0 bridgehead atoms. The molecule has 0 saturated heterocycles. The maximum Gasteiger partial charge on any atom is 0.0487 e. The Morgan fingerprint density at radius 3 is 2.50 bits per heavy atom. The maximum atomic E-state index is 3.60. The fourth-order valence-corrected chi connectivity index (χ4v) is 0.215. The van der Waals surface area contributed by atoms with Crippen molar-refractivity contribution in [2.24, 2.45) is 0 Å². The first-order chi connectivity index (χ1) is 2.50. The van der Waals surface area contributed by atoms with Crippen molar-refractivity contribution in [2.75, 3.05) is 0 Å². The molecule has 0 aliphatic carbocycles. The number of nitrogens with one attached hydrogen (secondary N) is 1. The minimum absolute atomic E-state index is 0. The van der Waals surface area contributed by atoms with Gasteiger partial charge in [0.1, 0.15) is 0 Å². The molecule has 1 aromatic heterocycles. The zero-order valence-electron chi connectivity index (χ0n) is 3.18. The van der Waals surface area contributed by atoms with Gasteiger partial charge in [0, 0.05) is 39.7 Å². The van der Waals surface area contributed by atoms with Crippen LogP contribution in [0.5, 0.6) is 0 Å². The summed E-state index contributed by atoms with van der Waals surface area (Å²) < 4.78 is 0. The van der Waals surface area contributed by atoms with Crippen molar-refractivity contribution in [1.82, 2.24) is 10.2 Å². The van der Waals surface area contributed by atoms with Gasteiger partial charge in [0.25, 0.3) is 0 Å². The number of H-pyrrole nitrogens is 1. The summed E-state index contributed by atoms with van der Waals surface area (Å²) in [6.07, 6.45) is 3.46. The SMILES string of the molecule is [Pb].c1cn[nH]c1. The number of nitrogens with zero attached hydrogens (tertiary/aromatic N) is 1. The van der Waals surface area contributed by atoms with Gasteiger partial charge in [-0.1, -0.05) is 0 Å². The molecule has 4 radical (unpaired) electrons. The molecule has 1 rings (SSSR count). The number of hydrogen-bond acceptors (Lipinski definition) is 1. The molecule has 0 saturated carbocycles. The summed E-state index contributed by atoms with van der Waals surface area (Å²) in [5, 5.41) is 6.21. The topological polar surface area (TPSA) is 28.7 Å². The van der Waals surface area contributed by atoms with Crippen molar-refractivity contribution in [2.45, 2.75) is 0 Å². The molecule has 1 aromatic rings. The molecule has 1 heterocycles. The van der Waals surface area contributed by atoms with E-state index < -0.39 is 0 Å². The van der Waals surface area contributed by atoms with Gasteiger partial charge in [-0.25, -0.2) is 0 Å². The summed E-state index contributed by atoms with van der Waals surface area (Å²) in [5.74, 6) is 0. The van der Waals surface area contributed by atoms with E-state index in [0.717, 1.165) is 0 Å². The van der Waals surface area contributed by atoms with E-state index in [1.165, 1.54) is 0 Å². The van der Waals surface area contributed by atoms with Crippen LogP contribution in [-0.4, -0.2) is 37.5 Å². The Balaban J connectivity index is 0.000000250. The number of aromatic nitrogens is 2. The first kappa shape index (κ1) is 6.13. The second-order valence-corrected chi connectivity index (χ2v) is 0.766. The summed E-state index contributed by atoms with van der Waals surface area (Å²) in [5.41, 5.74) is 0. The Hall–Kier alpha value is 0.132. The van der Waals surface area contributed by atoms with Crippen LogP contribution >= 0.6 is 0 Å². The van der Waals surface area contributed by atoms with Crippen molar-refractivity contribution in [3.63, 3.8) is 0 Å². The van der Waals surface area contributed by atoms with Gasteiger partial charge in [0.15, 0.2) is 0 Å². The smallest absolute Gasteiger partial charge is 0.0487 e. The predicted molar refractivity (Wildman–Crippen MR) is 24.3 cm³/mol. The van der Waals surface area contributed by atoms with Crippen LogP contribution in [0.25, 0.3) is 0 Å². The third-order valence-corrected chi connectivity index (χ3v) is 0.406. The Kier molecular flexibility index (Phi) is 3.40. The van der Waals surface area contributed by atoms with Crippen molar-refractivity contribution >= 4 is 27.3 Å². The average Bonchev–Trinajstić information content (AvgIpc) is 1.76. The van der Waals surface area contributed by atoms with Crippen LogP contribution in [0.3, 0.4) is 0 Å². The summed E-state index contributed by atoms with van der Waals surface area (Å²) in [6, 6.07) is 1.83. The van der Waals surface area contributed by atoms with E-state index in [-0.39, 0.29) is 27.3 Å². The first-order valence-corrected chi connectivity index (χ1v) is 1.44. The van der Waals surface area contributed by atoms with Crippen LogP contribution in [0.15, 0.2) is 18.5 Å². The van der Waals surface area contributed by atoms with Gasteiger partial charge in [0.05, 0.1) is 0 Å². The van der Waals surface area contributed by atoms with Gasteiger partial charge < -0.3 is 0 Å². The van der Waals surface area contributed by atoms with Crippen LogP contribution < -0.4 is 0 Å². The minimum Gasteiger partial charge on any atom is -0.286 e. The molecule has 0 amide bonds. The molecule has 0 aromatic carbocycles. The molecule has 1 N–H and O–H groups in total. The molecule has 0 unspecified atom stereocenters. The number of hydrogen-bond donors (Lipinski definition) is 1. The van der Waals surface area contributed by atoms with Crippen molar-refractivity contribution < 1.29 is 0 Å². The Labute approximate surface area is 56.1 Å². The van der Waals surface area contributed by atoms with Gasteiger partial charge in [-0.3, -0.25) is 5.10 Å².